The smallest absolute Gasteiger partial charge is 0.335 e. The lowest BCUT2D eigenvalue weighted by Crippen LogP contribution is -2.23. The second-order valence-corrected chi connectivity index (χ2v) is 5.73. The maximum Gasteiger partial charge on any atom is 0.335 e. The highest BCUT2D eigenvalue weighted by Gasteiger charge is 2.34. The Labute approximate surface area is 93.8 Å². The molecule has 1 saturated heterocycles. The van der Waals surface area contributed by atoms with Gasteiger partial charge in [-0.15, -0.1) is 0 Å². The molecule has 0 radical (unpaired) electrons. The van der Waals surface area contributed by atoms with Crippen molar-refractivity contribution < 1.29 is 27.8 Å². The predicted molar refractivity (Wildman–Crippen MR) is 52.8 cm³/mol. The van der Waals surface area contributed by atoms with Crippen molar-refractivity contribution in [3.8, 4) is 0 Å². The van der Waals surface area contributed by atoms with E-state index >= 15 is 0 Å². The Balaban J connectivity index is 3.01. The highest BCUT2D eigenvalue weighted by atomic mass is 32.2. The van der Waals surface area contributed by atoms with Crippen molar-refractivity contribution in [3.63, 3.8) is 0 Å². The van der Waals surface area contributed by atoms with Crippen LogP contribution in [0.3, 0.4) is 0 Å². The van der Waals surface area contributed by atoms with Crippen LogP contribution in [0, 0.1) is 5.92 Å². The fourth-order valence-electron chi connectivity index (χ4n) is 1.66. The third kappa shape index (κ3) is 2.66. The van der Waals surface area contributed by atoms with E-state index in [1.54, 1.807) is 0 Å². The largest absolute Gasteiger partial charge is 0.616 e. The zero-order valence-electron chi connectivity index (χ0n) is 9.06. The molecule has 6 nitrogen and oxygen atoms in total. The summed E-state index contributed by atoms with van der Waals surface area (Å²) >= 11 is 0. The minimum atomic E-state index is -3.16. The van der Waals surface area contributed by atoms with Crippen LogP contribution in [-0.2, 0) is 24.1 Å². The van der Waals surface area contributed by atoms with Gasteiger partial charge in [-0.2, -0.15) is 0 Å². The Kier molecular flexibility index (Phi) is 3.79. The van der Waals surface area contributed by atoms with Gasteiger partial charge in [-0.25, -0.2) is 13.2 Å². The standard InChI is InChI=1S/C9H14O6S/c1-14-8(10)7(9(11)15-2)6-3-4-16(12,13)5-6/h6,10H,3-5H2,1-2H3/p-1/t6-/m1/s1. The molecule has 1 heterocycles. The molecular weight excluding hydrogens is 236 g/mol. The molecule has 1 aliphatic heterocycles. The van der Waals surface area contributed by atoms with E-state index in [9.17, 15) is 18.3 Å². The first-order valence-corrected chi connectivity index (χ1v) is 6.47. The van der Waals surface area contributed by atoms with Gasteiger partial charge in [0, 0.05) is 5.92 Å². The number of ether oxygens (including phenoxy) is 2. The number of hydrogen-bond donors (Lipinski definition) is 0. The molecule has 7 heteroatoms. The van der Waals surface area contributed by atoms with Gasteiger partial charge < -0.3 is 14.6 Å². The summed E-state index contributed by atoms with van der Waals surface area (Å²) in [5, 5.41) is 11.4. The second-order valence-electron chi connectivity index (χ2n) is 3.50. The van der Waals surface area contributed by atoms with Gasteiger partial charge in [0.25, 0.3) is 0 Å². The maximum absolute atomic E-state index is 11.4. The van der Waals surface area contributed by atoms with Crippen LogP contribution in [0.15, 0.2) is 11.5 Å². The van der Waals surface area contributed by atoms with Gasteiger partial charge in [-0.1, -0.05) is 0 Å². The molecule has 1 atom stereocenters. The van der Waals surface area contributed by atoms with Crippen LogP contribution in [0.2, 0.25) is 0 Å². The van der Waals surface area contributed by atoms with Crippen molar-refractivity contribution in [3.05, 3.63) is 11.5 Å². The quantitative estimate of drug-likeness (QED) is 0.355. The SMILES string of the molecule is COC(=O)C(=C([O-])OC)[C@@H]1CCS(=O)(=O)C1. The van der Waals surface area contributed by atoms with Gasteiger partial charge >= 0.3 is 5.97 Å². The molecule has 0 N–H and O–H groups in total. The number of sulfone groups is 1. The maximum atomic E-state index is 11.4. The average molecular weight is 249 g/mol. The normalized spacial score (nSPS) is 24.8. The predicted octanol–water partition coefficient (Wildman–Crippen LogP) is -1.19. The van der Waals surface area contributed by atoms with Gasteiger partial charge in [0.1, 0.15) is 0 Å². The number of hydrogen-bond acceptors (Lipinski definition) is 6. The van der Waals surface area contributed by atoms with Gasteiger partial charge in [0.05, 0.1) is 30.1 Å². The minimum Gasteiger partial charge on any atom is -0.616 e. The van der Waals surface area contributed by atoms with Crippen molar-refractivity contribution in [2.45, 2.75) is 6.42 Å². The fourth-order valence-corrected chi connectivity index (χ4v) is 3.42. The van der Waals surface area contributed by atoms with Crippen LogP contribution in [0.5, 0.6) is 0 Å². The molecule has 1 fully saturated rings. The molecule has 0 spiro atoms. The second kappa shape index (κ2) is 4.73. The van der Waals surface area contributed by atoms with Crippen LogP contribution < -0.4 is 5.11 Å². The number of rotatable bonds is 3. The molecule has 1 rings (SSSR count). The first kappa shape index (κ1) is 12.8. The molecule has 0 bridgehead atoms. The number of esters is 1. The van der Waals surface area contributed by atoms with Crippen LogP contribution >= 0.6 is 0 Å². The van der Waals surface area contributed by atoms with Crippen LogP contribution in [-0.4, -0.2) is 40.1 Å². The molecule has 16 heavy (non-hydrogen) atoms. The van der Waals surface area contributed by atoms with E-state index in [4.69, 9.17) is 0 Å². The first-order chi connectivity index (χ1) is 7.41. The molecule has 0 aromatic carbocycles. The van der Waals surface area contributed by atoms with E-state index in [1.165, 1.54) is 0 Å². The third-order valence-electron chi connectivity index (χ3n) is 2.45. The minimum absolute atomic E-state index is 0.0187. The Morgan fingerprint density at radius 2 is 1.94 bits per heavy atom. The van der Waals surface area contributed by atoms with Crippen LogP contribution in [0.4, 0.5) is 0 Å². The summed E-state index contributed by atoms with van der Waals surface area (Å²) in [6, 6.07) is 0. The fraction of sp³-hybridized carbons (Fsp3) is 0.667. The van der Waals surface area contributed by atoms with E-state index < -0.39 is 27.7 Å². The molecule has 0 saturated carbocycles. The Morgan fingerprint density at radius 1 is 1.31 bits per heavy atom. The lowest BCUT2D eigenvalue weighted by atomic mass is 9.99. The zero-order valence-corrected chi connectivity index (χ0v) is 9.87. The summed E-state index contributed by atoms with van der Waals surface area (Å²) < 4.78 is 31.4. The van der Waals surface area contributed by atoms with E-state index in [0.29, 0.717) is 0 Å². The molecule has 0 amide bonds. The molecule has 0 unspecified atom stereocenters. The summed E-state index contributed by atoms with van der Waals surface area (Å²) in [5.74, 6) is -2.49. The van der Waals surface area contributed by atoms with Gasteiger partial charge in [0.2, 0.25) is 0 Å². The summed E-state index contributed by atoms with van der Waals surface area (Å²) in [4.78, 5) is 11.4. The molecular formula is C9H13O6S-. The van der Waals surface area contributed by atoms with Crippen molar-refractivity contribution >= 4 is 15.8 Å². The van der Waals surface area contributed by atoms with Crippen LogP contribution in [0.1, 0.15) is 6.42 Å². The monoisotopic (exact) mass is 249 g/mol. The lowest BCUT2D eigenvalue weighted by Gasteiger charge is -2.18. The molecule has 1 aliphatic rings. The van der Waals surface area contributed by atoms with Gasteiger partial charge in [-0.05, 0) is 13.5 Å². The Morgan fingerprint density at radius 3 is 2.31 bits per heavy atom. The van der Waals surface area contributed by atoms with Gasteiger partial charge in [-0.3, -0.25) is 0 Å². The van der Waals surface area contributed by atoms with Crippen molar-refractivity contribution in [1.82, 2.24) is 0 Å². The molecule has 0 aromatic heterocycles. The van der Waals surface area contributed by atoms with E-state index in [-0.39, 0.29) is 23.5 Å². The van der Waals surface area contributed by atoms with E-state index in [2.05, 4.69) is 9.47 Å². The Hall–Kier alpha value is -1.24. The van der Waals surface area contributed by atoms with Crippen LogP contribution in [0.25, 0.3) is 0 Å². The number of carbonyl (C=O) groups excluding carboxylic acids is 1. The molecule has 92 valence electrons. The van der Waals surface area contributed by atoms with Crippen molar-refractivity contribution in [2.75, 3.05) is 25.7 Å². The van der Waals surface area contributed by atoms with Crippen molar-refractivity contribution in [1.29, 1.82) is 0 Å². The summed E-state index contributed by atoms with van der Waals surface area (Å²) in [7, 11) is -0.893. The van der Waals surface area contributed by atoms with E-state index in [0.717, 1.165) is 14.2 Å². The summed E-state index contributed by atoms with van der Waals surface area (Å²) in [6.07, 6.45) is 0.252. The topological polar surface area (TPSA) is 92.7 Å². The lowest BCUT2D eigenvalue weighted by molar-refractivity contribution is -0.355. The summed E-state index contributed by atoms with van der Waals surface area (Å²) in [5.41, 5.74) is -0.217. The third-order valence-corrected chi connectivity index (χ3v) is 4.22. The first-order valence-electron chi connectivity index (χ1n) is 4.65. The Bertz CT molecular complexity index is 408. The highest BCUT2D eigenvalue weighted by Crippen LogP contribution is 2.27. The van der Waals surface area contributed by atoms with Gasteiger partial charge in [0.15, 0.2) is 9.84 Å². The molecule has 0 aliphatic carbocycles. The van der Waals surface area contributed by atoms with Crippen molar-refractivity contribution in [2.24, 2.45) is 5.92 Å². The average Bonchev–Trinajstić information content (AvgIpc) is 2.58. The van der Waals surface area contributed by atoms with E-state index in [1.807, 2.05) is 0 Å². The molecule has 0 aromatic rings. The zero-order chi connectivity index (χ0) is 12.3. The summed E-state index contributed by atoms with van der Waals surface area (Å²) in [6.45, 7) is 0. The highest BCUT2D eigenvalue weighted by molar-refractivity contribution is 7.91. The number of carbonyl (C=O) groups is 1. The number of methoxy groups -OCH3 is 2.